The number of sulfonamides is 2. The molecule has 10 nitrogen and oxygen atoms in total. The first-order chi connectivity index (χ1) is 17.6. The third-order valence-corrected chi connectivity index (χ3v) is 9.70. The van der Waals surface area contributed by atoms with Gasteiger partial charge < -0.3 is 10.2 Å². The fourth-order valence-corrected chi connectivity index (χ4v) is 6.41. The molecule has 0 aliphatic carbocycles. The highest BCUT2D eigenvalue weighted by atomic mass is 32.2. The molecule has 2 heterocycles. The molecule has 4 rings (SSSR count). The van der Waals surface area contributed by atoms with Crippen molar-refractivity contribution in [3.8, 4) is 0 Å². The van der Waals surface area contributed by atoms with E-state index in [0.29, 0.717) is 30.2 Å². The standard InChI is InChI=1S/C25H33N5O5S2/c1-29(2)37(34,35)21-13-14-23(30-16-6-7-17-30)22(18-21)25(31)27-19-9-11-20(12-10-19)36(32,33)28-24-8-4-3-5-15-26-24/h9-14,18H,3-8,15-17H2,1-2H3,(H,26,28)(H,27,31). The Morgan fingerprint density at radius 1 is 0.892 bits per heavy atom. The molecule has 0 radical (unpaired) electrons. The Balaban J connectivity index is 1.56. The van der Waals surface area contributed by atoms with Gasteiger partial charge in [0.25, 0.3) is 15.9 Å². The summed E-state index contributed by atoms with van der Waals surface area (Å²) >= 11 is 0. The van der Waals surface area contributed by atoms with Gasteiger partial charge in [0.1, 0.15) is 5.84 Å². The second kappa shape index (κ2) is 11.2. The molecular weight excluding hydrogens is 514 g/mol. The van der Waals surface area contributed by atoms with Crippen LogP contribution in [0.5, 0.6) is 0 Å². The van der Waals surface area contributed by atoms with Crippen LogP contribution in [-0.2, 0) is 20.0 Å². The minimum absolute atomic E-state index is 0.0274. The molecule has 37 heavy (non-hydrogen) atoms. The Morgan fingerprint density at radius 3 is 2.24 bits per heavy atom. The first-order valence-corrected chi connectivity index (χ1v) is 15.3. The number of rotatable bonds is 7. The van der Waals surface area contributed by atoms with Crippen LogP contribution in [0.1, 0.15) is 48.9 Å². The van der Waals surface area contributed by atoms with Crippen LogP contribution in [0.3, 0.4) is 0 Å². The van der Waals surface area contributed by atoms with E-state index in [2.05, 4.69) is 19.9 Å². The maximum absolute atomic E-state index is 13.3. The number of aliphatic imine (C=N–C) groups is 1. The number of anilines is 2. The molecule has 200 valence electrons. The topological polar surface area (TPSA) is 128 Å². The predicted molar refractivity (Wildman–Crippen MR) is 144 cm³/mol. The van der Waals surface area contributed by atoms with E-state index >= 15 is 0 Å². The van der Waals surface area contributed by atoms with Crippen molar-refractivity contribution in [3.05, 3.63) is 48.0 Å². The molecule has 12 heteroatoms. The first kappa shape index (κ1) is 27.1. The number of amidine groups is 1. The molecule has 2 aliphatic heterocycles. The van der Waals surface area contributed by atoms with Crippen LogP contribution in [0.25, 0.3) is 0 Å². The molecule has 0 bridgehead atoms. The summed E-state index contributed by atoms with van der Waals surface area (Å²) in [6.45, 7) is 2.18. The summed E-state index contributed by atoms with van der Waals surface area (Å²) in [7, 11) is -4.64. The fraction of sp³-hybridized carbons (Fsp3) is 0.440. The zero-order valence-corrected chi connectivity index (χ0v) is 22.7. The lowest BCUT2D eigenvalue weighted by molar-refractivity contribution is 0.102. The molecule has 0 aromatic heterocycles. The van der Waals surface area contributed by atoms with Crippen LogP contribution in [0.4, 0.5) is 11.4 Å². The van der Waals surface area contributed by atoms with Crippen LogP contribution in [0, 0.1) is 0 Å². The molecule has 1 fully saturated rings. The van der Waals surface area contributed by atoms with Crippen molar-refractivity contribution >= 4 is 43.2 Å². The molecule has 1 saturated heterocycles. The van der Waals surface area contributed by atoms with Gasteiger partial charge in [-0.15, -0.1) is 0 Å². The third kappa shape index (κ3) is 6.31. The zero-order valence-electron chi connectivity index (χ0n) is 21.1. The van der Waals surface area contributed by atoms with Gasteiger partial charge in [-0.25, -0.2) is 21.1 Å². The summed E-state index contributed by atoms with van der Waals surface area (Å²) in [6, 6.07) is 10.5. The Kier molecular flexibility index (Phi) is 8.20. The second-order valence-electron chi connectivity index (χ2n) is 9.38. The van der Waals surface area contributed by atoms with Crippen molar-refractivity contribution in [2.45, 2.75) is 48.3 Å². The molecule has 0 spiro atoms. The Morgan fingerprint density at radius 2 is 1.57 bits per heavy atom. The number of carbonyl (C=O) groups is 1. The number of hydrogen-bond donors (Lipinski definition) is 2. The van der Waals surface area contributed by atoms with Crippen molar-refractivity contribution in [2.75, 3.05) is 43.9 Å². The lowest BCUT2D eigenvalue weighted by Gasteiger charge is -2.22. The van der Waals surface area contributed by atoms with Gasteiger partial charge in [-0.3, -0.25) is 14.5 Å². The van der Waals surface area contributed by atoms with E-state index < -0.39 is 26.0 Å². The van der Waals surface area contributed by atoms with E-state index in [1.165, 1.54) is 50.5 Å². The summed E-state index contributed by atoms with van der Waals surface area (Å²) in [5.41, 5.74) is 1.30. The van der Waals surface area contributed by atoms with Crippen LogP contribution < -0.4 is 14.9 Å². The van der Waals surface area contributed by atoms with E-state index in [1.807, 2.05) is 0 Å². The minimum Gasteiger partial charge on any atom is -0.371 e. The average molecular weight is 548 g/mol. The van der Waals surface area contributed by atoms with Crippen molar-refractivity contribution in [1.29, 1.82) is 0 Å². The quantitative estimate of drug-likeness (QED) is 0.548. The van der Waals surface area contributed by atoms with Crippen molar-refractivity contribution in [1.82, 2.24) is 9.03 Å². The smallest absolute Gasteiger partial charge is 0.262 e. The number of benzene rings is 2. The van der Waals surface area contributed by atoms with E-state index in [1.54, 1.807) is 6.07 Å². The third-order valence-electron chi connectivity index (χ3n) is 6.49. The highest BCUT2D eigenvalue weighted by molar-refractivity contribution is 7.90. The van der Waals surface area contributed by atoms with Gasteiger partial charge in [0.2, 0.25) is 10.0 Å². The summed E-state index contributed by atoms with van der Waals surface area (Å²) < 4.78 is 54.7. The highest BCUT2D eigenvalue weighted by Crippen LogP contribution is 2.29. The average Bonchev–Trinajstić information content (AvgIpc) is 3.29. The molecular formula is C25H33N5O5S2. The van der Waals surface area contributed by atoms with Gasteiger partial charge in [0, 0.05) is 51.5 Å². The SMILES string of the molecule is CN(C)S(=O)(=O)c1ccc(N2CCCC2)c(C(=O)Nc2ccc(S(=O)(=O)NC3=NCCCCC3)cc2)c1. The molecule has 0 unspecified atom stereocenters. The molecule has 2 aliphatic rings. The van der Waals surface area contributed by atoms with Gasteiger partial charge in [-0.1, -0.05) is 6.42 Å². The van der Waals surface area contributed by atoms with Crippen molar-refractivity contribution < 1.29 is 21.6 Å². The summed E-state index contributed by atoms with van der Waals surface area (Å²) in [6.07, 6.45) is 5.44. The Hall–Kier alpha value is -2.96. The van der Waals surface area contributed by atoms with E-state index in [-0.39, 0.29) is 15.4 Å². The summed E-state index contributed by atoms with van der Waals surface area (Å²) in [4.78, 5) is 19.8. The number of amides is 1. The maximum Gasteiger partial charge on any atom is 0.262 e. The van der Waals surface area contributed by atoms with Gasteiger partial charge in [0.15, 0.2) is 0 Å². The molecule has 2 aromatic rings. The van der Waals surface area contributed by atoms with Crippen molar-refractivity contribution in [3.63, 3.8) is 0 Å². The second-order valence-corrected chi connectivity index (χ2v) is 13.2. The normalized spacial score (nSPS) is 16.8. The molecule has 2 aromatic carbocycles. The first-order valence-electron chi connectivity index (χ1n) is 12.4. The van der Waals surface area contributed by atoms with E-state index in [0.717, 1.165) is 49.5 Å². The highest BCUT2D eigenvalue weighted by Gasteiger charge is 2.25. The number of nitrogens with zero attached hydrogens (tertiary/aromatic N) is 3. The molecule has 0 saturated carbocycles. The predicted octanol–water partition coefficient (Wildman–Crippen LogP) is 3.04. The molecule has 1 amide bonds. The monoisotopic (exact) mass is 547 g/mol. The molecule has 2 N–H and O–H groups in total. The zero-order chi connectivity index (χ0) is 26.6. The lowest BCUT2D eigenvalue weighted by Crippen LogP contribution is -2.30. The van der Waals surface area contributed by atoms with E-state index in [4.69, 9.17) is 0 Å². The van der Waals surface area contributed by atoms with Gasteiger partial charge >= 0.3 is 0 Å². The fourth-order valence-electron chi connectivity index (χ4n) is 4.39. The number of carbonyl (C=O) groups excluding carboxylic acids is 1. The summed E-state index contributed by atoms with van der Waals surface area (Å²) in [5.74, 6) is -0.00358. The van der Waals surface area contributed by atoms with Crippen LogP contribution in [0.2, 0.25) is 0 Å². The van der Waals surface area contributed by atoms with Gasteiger partial charge in [0.05, 0.1) is 15.4 Å². The minimum atomic E-state index is -3.79. The van der Waals surface area contributed by atoms with Crippen molar-refractivity contribution in [2.24, 2.45) is 4.99 Å². The maximum atomic E-state index is 13.3. The van der Waals surface area contributed by atoms with Crippen LogP contribution in [0.15, 0.2) is 57.2 Å². The van der Waals surface area contributed by atoms with Crippen LogP contribution >= 0.6 is 0 Å². The van der Waals surface area contributed by atoms with E-state index in [9.17, 15) is 21.6 Å². The molecule has 0 atom stereocenters. The van der Waals surface area contributed by atoms with Gasteiger partial charge in [-0.05, 0) is 68.1 Å². The number of hydrogen-bond acceptors (Lipinski definition) is 7. The van der Waals surface area contributed by atoms with Crippen LogP contribution in [-0.4, -0.2) is 66.6 Å². The van der Waals surface area contributed by atoms with Gasteiger partial charge in [-0.2, -0.15) is 0 Å². The number of nitrogens with one attached hydrogen (secondary N) is 2. The Bertz CT molecular complexity index is 1380. The Labute approximate surface area is 218 Å². The lowest BCUT2D eigenvalue weighted by atomic mass is 10.1. The largest absolute Gasteiger partial charge is 0.371 e. The summed E-state index contributed by atoms with van der Waals surface area (Å²) in [5, 5.41) is 2.79.